The molecule has 4 rings (SSSR count). The summed E-state index contributed by atoms with van der Waals surface area (Å²) in [7, 11) is 1.39. The van der Waals surface area contributed by atoms with Gasteiger partial charge in [0.05, 0.1) is 25.5 Å². The highest BCUT2D eigenvalue weighted by atomic mass is 16.5. The zero-order chi connectivity index (χ0) is 20.2. The zero-order valence-corrected chi connectivity index (χ0v) is 16.5. The molecule has 2 aromatic heterocycles. The van der Waals surface area contributed by atoms with Gasteiger partial charge >= 0.3 is 5.97 Å². The molecule has 3 aromatic rings. The molecule has 1 aliphatic rings. The summed E-state index contributed by atoms with van der Waals surface area (Å²) in [5, 5.41) is 0. The van der Waals surface area contributed by atoms with Crippen molar-refractivity contribution >= 4 is 23.0 Å². The Morgan fingerprint density at radius 3 is 2.83 bits per heavy atom. The summed E-state index contributed by atoms with van der Waals surface area (Å²) in [5.74, 6) is -0.148. The Morgan fingerprint density at radius 2 is 2.03 bits per heavy atom. The Morgan fingerprint density at radius 1 is 1.21 bits per heavy atom. The van der Waals surface area contributed by atoms with Crippen LogP contribution in [0.2, 0.25) is 0 Å². The van der Waals surface area contributed by atoms with Crippen molar-refractivity contribution in [3.63, 3.8) is 0 Å². The van der Waals surface area contributed by atoms with E-state index >= 15 is 0 Å². The third-order valence-electron chi connectivity index (χ3n) is 5.39. The molecule has 1 saturated heterocycles. The number of piperidine rings is 1. The van der Waals surface area contributed by atoms with E-state index < -0.39 is 0 Å². The van der Waals surface area contributed by atoms with Crippen molar-refractivity contribution in [2.24, 2.45) is 5.92 Å². The van der Waals surface area contributed by atoms with Crippen molar-refractivity contribution in [1.29, 1.82) is 0 Å². The van der Waals surface area contributed by atoms with Crippen LogP contribution in [0.15, 0.2) is 48.9 Å². The number of carbonyl (C=O) groups is 2. The molecule has 150 valence electrons. The van der Waals surface area contributed by atoms with Gasteiger partial charge in [-0.2, -0.15) is 0 Å². The number of aromatic nitrogens is 3. The molecule has 1 atom stereocenters. The van der Waals surface area contributed by atoms with E-state index in [0.29, 0.717) is 37.1 Å². The summed E-state index contributed by atoms with van der Waals surface area (Å²) < 4.78 is 6.74. The Bertz CT molecular complexity index is 1020. The normalized spacial score (nSPS) is 16.7. The third kappa shape index (κ3) is 4.29. The van der Waals surface area contributed by atoms with Crippen LogP contribution in [-0.2, 0) is 16.1 Å². The molecular weight excluding hydrogens is 368 g/mol. The van der Waals surface area contributed by atoms with Gasteiger partial charge in [-0.05, 0) is 30.4 Å². The highest BCUT2D eigenvalue weighted by molar-refractivity contribution is 5.96. The van der Waals surface area contributed by atoms with Crippen molar-refractivity contribution in [2.45, 2.75) is 25.8 Å². The van der Waals surface area contributed by atoms with Gasteiger partial charge < -0.3 is 14.2 Å². The van der Waals surface area contributed by atoms with Crippen LogP contribution in [0, 0.1) is 5.92 Å². The van der Waals surface area contributed by atoms with E-state index in [4.69, 9.17) is 4.74 Å². The predicted octanol–water partition coefficient (Wildman–Crippen LogP) is 2.89. The number of ether oxygens (including phenoxy) is 1. The van der Waals surface area contributed by atoms with Crippen molar-refractivity contribution in [1.82, 2.24) is 19.4 Å². The first kappa shape index (κ1) is 19.1. The molecule has 0 radical (unpaired) electrons. The highest BCUT2D eigenvalue weighted by Crippen LogP contribution is 2.22. The number of likely N-dealkylation sites (tertiary alicyclic amines) is 1. The summed E-state index contributed by atoms with van der Waals surface area (Å²) in [6, 6.07) is 11.9. The number of hydrogen-bond acceptors (Lipinski definition) is 5. The number of nitrogens with zero attached hydrogens (tertiary/aromatic N) is 4. The number of hydrogen-bond donors (Lipinski definition) is 0. The van der Waals surface area contributed by atoms with Gasteiger partial charge in [0.1, 0.15) is 5.52 Å². The van der Waals surface area contributed by atoms with Crippen LogP contribution in [0.4, 0.5) is 0 Å². The van der Waals surface area contributed by atoms with E-state index in [1.54, 1.807) is 23.5 Å². The minimum Gasteiger partial charge on any atom is -0.469 e. The Balaban J connectivity index is 1.49. The Hall–Kier alpha value is -3.22. The lowest BCUT2D eigenvalue weighted by Gasteiger charge is -2.32. The van der Waals surface area contributed by atoms with Gasteiger partial charge in [-0.3, -0.25) is 9.59 Å². The molecule has 1 aromatic carbocycles. The number of imidazole rings is 1. The van der Waals surface area contributed by atoms with E-state index in [2.05, 4.69) is 22.1 Å². The summed E-state index contributed by atoms with van der Waals surface area (Å²) >= 11 is 0. The number of pyridine rings is 1. The van der Waals surface area contributed by atoms with Crippen LogP contribution in [0.3, 0.4) is 0 Å². The van der Waals surface area contributed by atoms with E-state index in [1.165, 1.54) is 12.7 Å². The number of fused-ring (bicyclic) bond motifs is 1. The van der Waals surface area contributed by atoms with Crippen LogP contribution in [0.25, 0.3) is 11.2 Å². The largest absolute Gasteiger partial charge is 0.469 e. The Labute approximate surface area is 169 Å². The van der Waals surface area contributed by atoms with Crippen LogP contribution in [0.1, 0.15) is 35.2 Å². The molecule has 0 spiro atoms. The molecule has 1 amide bonds. The average Bonchev–Trinajstić information content (AvgIpc) is 3.16. The maximum absolute atomic E-state index is 13.0. The maximum atomic E-state index is 13.0. The standard InChI is InChI=1S/C22H24N4O3/c1-29-20(27)10-17-8-5-9-25(14-17)22(28)18-11-19-21(23-12-18)26(15-24-19)13-16-6-3-2-4-7-16/h2-4,6-7,11-12,15,17H,5,8-10,13-14H2,1H3. The number of benzene rings is 1. The average molecular weight is 392 g/mol. The van der Waals surface area contributed by atoms with E-state index in [-0.39, 0.29) is 17.8 Å². The Kier molecular flexibility index (Phi) is 5.55. The third-order valence-corrected chi connectivity index (χ3v) is 5.39. The fourth-order valence-electron chi connectivity index (χ4n) is 3.88. The lowest BCUT2D eigenvalue weighted by atomic mass is 9.94. The number of amides is 1. The van der Waals surface area contributed by atoms with E-state index in [1.807, 2.05) is 22.8 Å². The summed E-state index contributed by atoms with van der Waals surface area (Å²) in [4.78, 5) is 35.3. The lowest BCUT2D eigenvalue weighted by molar-refractivity contribution is -0.142. The first-order chi connectivity index (χ1) is 14.1. The topological polar surface area (TPSA) is 77.3 Å². The SMILES string of the molecule is COC(=O)CC1CCCN(C(=O)c2cnc3c(c2)ncn3Cc2ccccc2)C1. The minimum absolute atomic E-state index is 0.0634. The molecule has 0 saturated carbocycles. The summed E-state index contributed by atoms with van der Waals surface area (Å²) in [6.45, 7) is 1.93. The molecule has 1 unspecified atom stereocenters. The first-order valence-electron chi connectivity index (χ1n) is 9.85. The van der Waals surface area contributed by atoms with Gasteiger partial charge in [0, 0.05) is 25.7 Å². The van der Waals surface area contributed by atoms with Gasteiger partial charge in [-0.25, -0.2) is 9.97 Å². The van der Waals surface area contributed by atoms with Crippen molar-refractivity contribution in [3.8, 4) is 0 Å². The first-order valence-corrected chi connectivity index (χ1v) is 9.85. The maximum Gasteiger partial charge on any atom is 0.305 e. The quantitative estimate of drug-likeness (QED) is 0.624. The molecule has 0 bridgehead atoms. The molecule has 29 heavy (non-hydrogen) atoms. The van der Waals surface area contributed by atoms with Crippen molar-refractivity contribution in [3.05, 3.63) is 60.0 Å². The predicted molar refractivity (Wildman–Crippen MR) is 108 cm³/mol. The fourth-order valence-corrected chi connectivity index (χ4v) is 3.88. The number of carbonyl (C=O) groups excluding carboxylic acids is 2. The van der Waals surface area contributed by atoms with Crippen LogP contribution < -0.4 is 0 Å². The molecule has 1 fully saturated rings. The molecule has 3 heterocycles. The van der Waals surface area contributed by atoms with E-state index in [0.717, 1.165) is 18.5 Å². The summed E-state index contributed by atoms with van der Waals surface area (Å²) in [6.07, 6.45) is 5.54. The van der Waals surface area contributed by atoms with E-state index in [9.17, 15) is 9.59 Å². The molecule has 0 N–H and O–H groups in total. The molecular formula is C22H24N4O3. The number of methoxy groups -OCH3 is 1. The van der Waals surface area contributed by atoms with Gasteiger partial charge in [-0.15, -0.1) is 0 Å². The van der Waals surface area contributed by atoms with Gasteiger partial charge in [0.25, 0.3) is 5.91 Å². The molecule has 7 nitrogen and oxygen atoms in total. The molecule has 1 aliphatic heterocycles. The highest BCUT2D eigenvalue weighted by Gasteiger charge is 2.26. The fraction of sp³-hybridized carbons (Fsp3) is 0.364. The van der Waals surface area contributed by atoms with Gasteiger partial charge in [0.15, 0.2) is 5.65 Å². The zero-order valence-electron chi connectivity index (χ0n) is 16.5. The second-order valence-corrected chi connectivity index (χ2v) is 7.46. The number of esters is 1. The smallest absolute Gasteiger partial charge is 0.305 e. The van der Waals surface area contributed by atoms with Gasteiger partial charge in [0.2, 0.25) is 0 Å². The second kappa shape index (κ2) is 8.43. The van der Waals surface area contributed by atoms with Crippen molar-refractivity contribution < 1.29 is 14.3 Å². The minimum atomic E-state index is -0.226. The second-order valence-electron chi connectivity index (χ2n) is 7.46. The van der Waals surface area contributed by atoms with Gasteiger partial charge in [-0.1, -0.05) is 30.3 Å². The van der Waals surface area contributed by atoms with Crippen LogP contribution in [-0.4, -0.2) is 51.5 Å². The number of rotatable bonds is 5. The summed E-state index contributed by atoms with van der Waals surface area (Å²) in [5.41, 5.74) is 3.16. The van der Waals surface area contributed by atoms with Crippen molar-refractivity contribution in [2.75, 3.05) is 20.2 Å². The monoisotopic (exact) mass is 392 g/mol. The lowest BCUT2D eigenvalue weighted by Crippen LogP contribution is -2.40. The van der Waals surface area contributed by atoms with Crippen LogP contribution >= 0.6 is 0 Å². The van der Waals surface area contributed by atoms with Crippen LogP contribution in [0.5, 0.6) is 0 Å². The molecule has 0 aliphatic carbocycles. The molecule has 7 heteroatoms.